The topological polar surface area (TPSA) is 88.1 Å². The maximum atomic E-state index is 12.5. The molecular formula is C27H24O7. The molecule has 3 rings (SSSR count). The first-order valence-corrected chi connectivity index (χ1v) is 10.5. The first kappa shape index (κ1) is 24.3. The number of hydrogen-bond acceptors (Lipinski definition) is 7. The van der Waals surface area contributed by atoms with Crippen LogP contribution in [0.25, 0.3) is 0 Å². The summed E-state index contributed by atoms with van der Waals surface area (Å²) in [4.78, 5) is 36.6. The summed E-state index contributed by atoms with van der Waals surface area (Å²) >= 11 is 0. The van der Waals surface area contributed by atoms with Crippen molar-refractivity contribution in [3.05, 3.63) is 95.6 Å². The van der Waals surface area contributed by atoms with Gasteiger partial charge in [-0.05, 0) is 73.5 Å². The minimum absolute atomic E-state index is 0.152. The van der Waals surface area contributed by atoms with Crippen LogP contribution in [0.1, 0.15) is 40.1 Å². The minimum Gasteiger partial charge on any atom is -0.493 e. The Morgan fingerprint density at radius 3 is 1.79 bits per heavy atom. The van der Waals surface area contributed by atoms with E-state index in [2.05, 4.69) is 6.58 Å². The fraction of sp³-hybridized carbons (Fsp3) is 0.148. The zero-order valence-electron chi connectivity index (χ0n) is 19.1. The summed E-state index contributed by atoms with van der Waals surface area (Å²) in [5, 5.41) is 0. The van der Waals surface area contributed by atoms with E-state index >= 15 is 0 Å². The second kappa shape index (κ2) is 11.0. The number of rotatable bonds is 8. The Morgan fingerprint density at radius 2 is 1.26 bits per heavy atom. The van der Waals surface area contributed by atoms with Crippen LogP contribution in [0, 0.1) is 0 Å². The van der Waals surface area contributed by atoms with Crippen LogP contribution in [0.2, 0.25) is 0 Å². The number of benzene rings is 3. The van der Waals surface area contributed by atoms with Gasteiger partial charge in [0.25, 0.3) is 0 Å². The second-order valence-corrected chi connectivity index (χ2v) is 7.34. The molecule has 0 aliphatic rings. The van der Waals surface area contributed by atoms with E-state index < -0.39 is 17.9 Å². The molecule has 0 spiro atoms. The van der Waals surface area contributed by atoms with Crippen molar-refractivity contribution in [2.75, 3.05) is 7.11 Å². The molecule has 0 aromatic heterocycles. The van der Waals surface area contributed by atoms with Crippen molar-refractivity contribution in [3.63, 3.8) is 0 Å². The van der Waals surface area contributed by atoms with Crippen LogP contribution in [-0.4, -0.2) is 25.0 Å². The molecule has 34 heavy (non-hydrogen) atoms. The highest BCUT2D eigenvalue weighted by atomic mass is 16.6. The van der Waals surface area contributed by atoms with E-state index in [-0.39, 0.29) is 28.4 Å². The minimum atomic E-state index is -0.651. The molecule has 0 aliphatic heterocycles. The third-order valence-corrected chi connectivity index (χ3v) is 4.79. The van der Waals surface area contributed by atoms with Gasteiger partial charge in [0.15, 0.2) is 11.5 Å². The van der Waals surface area contributed by atoms with E-state index in [1.807, 2.05) is 19.1 Å². The van der Waals surface area contributed by atoms with Gasteiger partial charge in [-0.1, -0.05) is 25.6 Å². The first-order valence-electron chi connectivity index (χ1n) is 10.5. The van der Waals surface area contributed by atoms with Gasteiger partial charge in [0, 0.05) is 5.57 Å². The molecule has 0 radical (unpaired) electrons. The van der Waals surface area contributed by atoms with Crippen molar-refractivity contribution in [1.82, 2.24) is 0 Å². The predicted octanol–water partition coefficient (Wildman–Crippen LogP) is 5.18. The Bertz CT molecular complexity index is 1210. The molecule has 0 unspecified atom stereocenters. The van der Waals surface area contributed by atoms with E-state index in [0.717, 1.165) is 12.0 Å². The smallest absolute Gasteiger partial charge is 0.343 e. The van der Waals surface area contributed by atoms with Gasteiger partial charge in [0.05, 0.1) is 18.2 Å². The monoisotopic (exact) mass is 460 g/mol. The van der Waals surface area contributed by atoms with Crippen LogP contribution >= 0.6 is 0 Å². The summed E-state index contributed by atoms with van der Waals surface area (Å²) in [5.74, 6) is -0.748. The van der Waals surface area contributed by atoms with Crippen molar-refractivity contribution in [3.8, 4) is 23.0 Å². The summed E-state index contributed by atoms with van der Waals surface area (Å²) in [5.41, 5.74) is 1.87. The molecule has 0 bridgehead atoms. The Labute approximate surface area is 197 Å². The van der Waals surface area contributed by atoms with Gasteiger partial charge < -0.3 is 18.9 Å². The van der Waals surface area contributed by atoms with Crippen LogP contribution in [0.4, 0.5) is 0 Å². The molecule has 7 nitrogen and oxygen atoms in total. The van der Waals surface area contributed by atoms with Gasteiger partial charge in [-0.25, -0.2) is 14.4 Å². The van der Waals surface area contributed by atoms with Gasteiger partial charge in [0.1, 0.15) is 11.5 Å². The average Bonchev–Trinajstić information content (AvgIpc) is 2.85. The SMILES string of the molecule is C=C(C)C(=O)Oc1ccc(C(=O)Oc2ccc(C(=O)Oc3ccc(CC)cc3)cc2)cc1OC. The number of carbonyl (C=O) groups is 3. The predicted molar refractivity (Wildman–Crippen MR) is 126 cm³/mol. The van der Waals surface area contributed by atoms with Crippen molar-refractivity contribution in [1.29, 1.82) is 0 Å². The number of carbonyl (C=O) groups excluding carboxylic acids is 3. The van der Waals surface area contributed by atoms with Crippen LogP contribution < -0.4 is 18.9 Å². The zero-order valence-corrected chi connectivity index (χ0v) is 19.1. The van der Waals surface area contributed by atoms with E-state index in [9.17, 15) is 14.4 Å². The lowest BCUT2D eigenvalue weighted by molar-refractivity contribution is -0.130. The van der Waals surface area contributed by atoms with Crippen molar-refractivity contribution < 1.29 is 33.3 Å². The van der Waals surface area contributed by atoms with Crippen molar-refractivity contribution >= 4 is 17.9 Å². The molecule has 7 heteroatoms. The molecule has 0 saturated heterocycles. The van der Waals surface area contributed by atoms with E-state index in [0.29, 0.717) is 11.3 Å². The van der Waals surface area contributed by atoms with Crippen molar-refractivity contribution in [2.24, 2.45) is 0 Å². The lowest BCUT2D eigenvalue weighted by atomic mass is 10.2. The molecule has 0 aliphatic carbocycles. The molecule has 174 valence electrons. The zero-order chi connectivity index (χ0) is 24.7. The van der Waals surface area contributed by atoms with Gasteiger partial charge in [-0.2, -0.15) is 0 Å². The quantitative estimate of drug-likeness (QED) is 0.260. The highest BCUT2D eigenvalue weighted by Crippen LogP contribution is 2.29. The third-order valence-electron chi connectivity index (χ3n) is 4.79. The molecule has 0 atom stereocenters. The molecular weight excluding hydrogens is 436 g/mol. The van der Waals surface area contributed by atoms with Gasteiger partial charge in [0.2, 0.25) is 0 Å². The normalized spacial score (nSPS) is 10.2. The Kier molecular flexibility index (Phi) is 7.82. The molecule has 3 aromatic carbocycles. The van der Waals surface area contributed by atoms with Crippen LogP contribution in [0.15, 0.2) is 78.9 Å². The third kappa shape index (κ3) is 6.10. The number of hydrogen-bond donors (Lipinski definition) is 0. The van der Waals surface area contributed by atoms with Crippen LogP contribution in [-0.2, 0) is 11.2 Å². The highest BCUT2D eigenvalue weighted by molar-refractivity contribution is 5.93. The summed E-state index contributed by atoms with van der Waals surface area (Å²) in [6.07, 6.45) is 0.897. The van der Waals surface area contributed by atoms with E-state index in [1.165, 1.54) is 56.5 Å². The fourth-order valence-electron chi connectivity index (χ4n) is 2.85. The van der Waals surface area contributed by atoms with Gasteiger partial charge in [-0.15, -0.1) is 0 Å². The van der Waals surface area contributed by atoms with Gasteiger partial charge >= 0.3 is 17.9 Å². The maximum Gasteiger partial charge on any atom is 0.343 e. The number of methoxy groups -OCH3 is 1. The first-order chi connectivity index (χ1) is 16.3. The van der Waals surface area contributed by atoms with Crippen LogP contribution in [0.5, 0.6) is 23.0 Å². The lowest BCUT2D eigenvalue weighted by Crippen LogP contribution is -2.12. The Morgan fingerprint density at radius 1 is 0.735 bits per heavy atom. The maximum absolute atomic E-state index is 12.5. The second-order valence-electron chi connectivity index (χ2n) is 7.34. The van der Waals surface area contributed by atoms with E-state index in [4.69, 9.17) is 18.9 Å². The summed E-state index contributed by atoms with van der Waals surface area (Å²) < 4.78 is 21.1. The largest absolute Gasteiger partial charge is 0.493 e. The highest BCUT2D eigenvalue weighted by Gasteiger charge is 2.16. The Hall–Kier alpha value is -4.39. The average molecular weight is 460 g/mol. The summed E-state index contributed by atoms with van der Waals surface area (Å²) in [6, 6.07) is 17.6. The number of esters is 3. The molecule has 0 amide bonds. The van der Waals surface area contributed by atoms with Crippen LogP contribution in [0.3, 0.4) is 0 Å². The molecule has 0 saturated carbocycles. The number of aryl methyl sites for hydroxylation is 1. The lowest BCUT2D eigenvalue weighted by Gasteiger charge is -2.11. The molecule has 0 heterocycles. The van der Waals surface area contributed by atoms with Gasteiger partial charge in [-0.3, -0.25) is 0 Å². The summed E-state index contributed by atoms with van der Waals surface area (Å²) in [6.45, 7) is 7.09. The number of ether oxygens (including phenoxy) is 4. The molecule has 3 aromatic rings. The molecule has 0 fully saturated rings. The Balaban J connectivity index is 1.65. The summed E-state index contributed by atoms with van der Waals surface area (Å²) in [7, 11) is 1.39. The van der Waals surface area contributed by atoms with E-state index in [1.54, 1.807) is 12.1 Å². The molecule has 0 N–H and O–H groups in total. The standard InChI is InChI=1S/C27H24O7/c1-5-18-6-11-21(12-7-18)32-26(29)19-8-13-22(14-9-19)33-27(30)20-10-15-23(24(16-20)31-4)34-25(28)17(2)3/h6-16H,2,5H2,1,3-4H3. The van der Waals surface area contributed by atoms with Crippen molar-refractivity contribution in [2.45, 2.75) is 20.3 Å². The fourth-order valence-corrected chi connectivity index (χ4v) is 2.85.